The average Bonchev–Trinajstić information content (AvgIpc) is 2.98. The molecular formula is C39H68O10. The highest BCUT2D eigenvalue weighted by atomic mass is 16.5. The van der Waals surface area contributed by atoms with E-state index in [9.17, 15) is 19.5 Å². The summed E-state index contributed by atoms with van der Waals surface area (Å²) < 4.78 is 37.1. The van der Waals surface area contributed by atoms with E-state index in [4.69, 9.17) is 28.4 Å². The molecule has 1 N–H and O–H groups in total. The van der Waals surface area contributed by atoms with Crippen molar-refractivity contribution in [2.24, 2.45) is 5.41 Å². The third-order valence-electron chi connectivity index (χ3n) is 8.59. The molecule has 0 spiro atoms. The third-order valence-corrected chi connectivity index (χ3v) is 8.59. The predicted molar refractivity (Wildman–Crippen MR) is 194 cm³/mol. The Bertz CT molecular complexity index is 1060. The second kappa shape index (κ2) is 19.0. The summed E-state index contributed by atoms with van der Waals surface area (Å²) in [5, 5.41) is 10.9. The molecule has 0 aromatic carbocycles. The Balaban J connectivity index is 5.89. The van der Waals surface area contributed by atoms with Crippen LogP contribution in [0.15, 0.2) is 38.0 Å². The van der Waals surface area contributed by atoms with Crippen molar-refractivity contribution >= 4 is 17.3 Å². The lowest BCUT2D eigenvalue weighted by atomic mass is 9.90. The van der Waals surface area contributed by atoms with E-state index >= 15 is 0 Å². The van der Waals surface area contributed by atoms with E-state index < -0.39 is 39.0 Å². The van der Waals surface area contributed by atoms with E-state index in [0.29, 0.717) is 19.3 Å². The van der Waals surface area contributed by atoms with Crippen LogP contribution in [0.1, 0.15) is 109 Å². The molecule has 0 rings (SSSR count). The van der Waals surface area contributed by atoms with E-state index in [0.717, 1.165) is 0 Å². The highest BCUT2D eigenvalue weighted by Crippen LogP contribution is 2.31. The van der Waals surface area contributed by atoms with E-state index in [-0.39, 0.29) is 63.1 Å². The molecule has 49 heavy (non-hydrogen) atoms. The maximum absolute atomic E-state index is 12.3. The van der Waals surface area contributed by atoms with Crippen molar-refractivity contribution in [3.63, 3.8) is 0 Å². The van der Waals surface area contributed by atoms with Gasteiger partial charge in [-0.2, -0.15) is 0 Å². The zero-order chi connectivity index (χ0) is 38.5. The number of hydrogen-bond donors (Lipinski definition) is 1. The highest BCUT2D eigenvalue weighted by Gasteiger charge is 2.39. The van der Waals surface area contributed by atoms with Crippen molar-refractivity contribution in [3.05, 3.63) is 38.0 Å². The molecule has 1 atom stereocenters. The maximum atomic E-state index is 12.3. The average molecular weight is 697 g/mol. The van der Waals surface area contributed by atoms with Gasteiger partial charge in [0.05, 0.1) is 68.0 Å². The van der Waals surface area contributed by atoms with Crippen LogP contribution in [0.2, 0.25) is 0 Å². The summed E-state index contributed by atoms with van der Waals surface area (Å²) in [4.78, 5) is 36.6. The van der Waals surface area contributed by atoms with Gasteiger partial charge in [0.2, 0.25) is 0 Å². The third kappa shape index (κ3) is 17.1. The van der Waals surface area contributed by atoms with Crippen LogP contribution in [0, 0.1) is 5.41 Å². The maximum Gasteiger partial charge on any atom is 0.186 e. The molecule has 10 heteroatoms. The quantitative estimate of drug-likeness (QED) is 0.0899. The number of aliphatic hydroxyl groups excluding tert-OH is 1. The molecule has 0 aliphatic rings. The molecule has 10 nitrogen and oxygen atoms in total. The van der Waals surface area contributed by atoms with Crippen molar-refractivity contribution in [2.75, 3.05) is 39.6 Å². The second-order valence-electron chi connectivity index (χ2n) is 16.4. The Morgan fingerprint density at radius 3 is 1.22 bits per heavy atom. The number of carbonyl (C=O) groups excluding carboxylic acids is 3. The van der Waals surface area contributed by atoms with E-state index in [1.165, 1.54) is 18.2 Å². The Morgan fingerprint density at radius 1 is 0.571 bits per heavy atom. The zero-order valence-electron chi connectivity index (χ0n) is 32.9. The van der Waals surface area contributed by atoms with Crippen molar-refractivity contribution in [1.82, 2.24) is 0 Å². The molecule has 0 aromatic rings. The minimum Gasteiger partial charge on any atom is -0.396 e. The summed E-state index contributed by atoms with van der Waals surface area (Å²) in [7, 11) is 0. The van der Waals surface area contributed by atoms with Gasteiger partial charge < -0.3 is 33.5 Å². The molecule has 0 heterocycles. The van der Waals surface area contributed by atoms with Gasteiger partial charge in [-0.25, -0.2) is 0 Å². The highest BCUT2D eigenvalue weighted by molar-refractivity contribution is 5.96. The van der Waals surface area contributed by atoms with Crippen LogP contribution in [0.4, 0.5) is 0 Å². The fourth-order valence-corrected chi connectivity index (χ4v) is 4.79. The van der Waals surface area contributed by atoms with Gasteiger partial charge in [-0.15, -0.1) is 0 Å². The summed E-state index contributed by atoms with van der Waals surface area (Å²) in [5.74, 6) is -0.622. The summed E-state index contributed by atoms with van der Waals surface area (Å²) >= 11 is 0. The van der Waals surface area contributed by atoms with Gasteiger partial charge in [0, 0.05) is 6.42 Å². The van der Waals surface area contributed by atoms with E-state index in [1.807, 2.05) is 48.5 Å². The first-order chi connectivity index (χ1) is 22.1. The molecule has 0 radical (unpaired) electrons. The van der Waals surface area contributed by atoms with Gasteiger partial charge >= 0.3 is 0 Å². The molecule has 0 saturated carbocycles. The van der Waals surface area contributed by atoms with Gasteiger partial charge in [0.15, 0.2) is 17.3 Å². The summed E-state index contributed by atoms with van der Waals surface area (Å²) in [5.41, 5.74) is -6.06. The van der Waals surface area contributed by atoms with Crippen LogP contribution in [0.25, 0.3) is 0 Å². The molecule has 0 saturated heterocycles. The second-order valence-corrected chi connectivity index (χ2v) is 16.4. The molecule has 0 bridgehead atoms. The zero-order valence-corrected chi connectivity index (χ0v) is 32.9. The van der Waals surface area contributed by atoms with Crippen LogP contribution < -0.4 is 0 Å². The van der Waals surface area contributed by atoms with Crippen LogP contribution in [-0.4, -0.2) is 102 Å². The van der Waals surface area contributed by atoms with Crippen molar-refractivity contribution in [2.45, 2.75) is 149 Å². The van der Waals surface area contributed by atoms with Gasteiger partial charge in [0.1, 0.15) is 16.8 Å². The van der Waals surface area contributed by atoms with Gasteiger partial charge in [-0.3, -0.25) is 14.4 Å². The molecule has 0 aliphatic heterocycles. The van der Waals surface area contributed by atoms with Crippen LogP contribution in [0.5, 0.6) is 0 Å². The summed E-state index contributed by atoms with van der Waals surface area (Å²) in [6.07, 6.45) is 4.86. The first kappa shape index (κ1) is 47.0. The first-order valence-corrected chi connectivity index (χ1v) is 17.1. The molecule has 0 fully saturated rings. The minimum atomic E-state index is -1.03. The normalized spacial score (nSPS) is 14.3. The van der Waals surface area contributed by atoms with Gasteiger partial charge in [-0.1, -0.05) is 19.7 Å². The van der Waals surface area contributed by atoms with Crippen LogP contribution in [-0.2, 0) is 42.8 Å². The largest absolute Gasteiger partial charge is 0.396 e. The number of rotatable bonds is 28. The van der Waals surface area contributed by atoms with Crippen molar-refractivity contribution in [1.29, 1.82) is 0 Å². The summed E-state index contributed by atoms with van der Waals surface area (Å²) in [6, 6.07) is 0. The van der Waals surface area contributed by atoms with E-state index in [1.54, 1.807) is 41.5 Å². The Morgan fingerprint density at radius 2 is 0.898 bits per heavy atom. The first-order valence-electron chi connectivity index (χ1n) is 17.1. The van der Waals surface area contributed by atoms with Gasteiger partial charge in [-0.05, 0) is 121 Å². The fraction of sp³-hybridized carbons (Fsp3) is 0.769. The smallest absolute Gasteiger partial charge is 0.186 e. The molecule has 0 aliphatic carbocycles. The van der Waals surface area contributed by atoms with Gasteiger partial charge in [0.25, 0.3) is 0 Å². The lowest BCUT2D eigenvalue weighted by Gasteiger charge is -2.40. The molecule has 1 unspecified atom stereocenters. The standard InChI is InChI=1S/C39H68O10/c1-17-30(41)36(11,12)44-22-20-33(5,6)46-26-39(25-40,27-47-34(7,8)21-23-45-37(13,14)31(42)18-2)28-48-35(9,10)24-29(4)49-38(15,16)32(43)19-3/h17-19,29,40H,1-3,20-28H2,4-16H3. The van der Waals surface area contributed by atoms with Crippen LogP contribution in [0.3, 0.4) is 0 Å². The lowest BCUT2D eigenvalue weighted by molar-refractivity contribution is -0.183. The Hall–Kier alpha value is -2.05. The number of ketones is 3. The topological polar surface area (TPSA) is 127 Å². The molecule has 0 aromatic heterocycles. The number of hydrogen-bond acceptors (Lipinski definition) is 10. The number of carbonyl (C=O) groups is 3. The number of ether oxygens (including phenoxy) is 6. The lowest BCUT2D eigenvalue weighted by Crippen LogP contribution is -2.48. The minimum absolute atomic E-state index is 0.0963. The monoisotopic (exact) mass is 696 g/mol. The fourth-order valence-electron chi connectivity index (χ4n) is 4.79. The predicted octanol–water partition coefficient (Wildman–Crippen LogP) is 6.56. The molecule has 0 amide bonds. The van der Waals surface area contributed by atoms with Crippen molar-refractivity contribution in [3.8, 4) is 0 Å². The summed E-state index contributed by atoms with van der Waals surface area (Å²) in [6.45, 7) is 34.9. The number of aliphatic hydroxyl groups is 1. The van der Waals surface area contributed by atoms with E-state index in [2.05, 4.69) is 19.7 Å². The van der Waals surface area contributed by atoms with Crippen LogP contribution >= 0.6 is 0 Å². The van der Waals surface area contributed by atoms with Crippen molar-refractivity contribution < 1.29 is 47.9 Å². The SMILES string of the molecule is C=CC(=O)C(C)(C)OCCC(C)(C)OCC(CO)(COC(C)(C)CCOC(C)(C)C(=O)C=C)COC(C)(C)CC(C)OC(C)(C)C(=O)C=C. The Labute approximate surface area is 296 Å². The molecular weight excluding hydrogens is 628 g/mol. The molecule has 284 valence electrons. The Kier molecular flexibility index (Phi) is 18.2.